The highest BCUT2D eigenvalue weighted by Gasteiger charge is 2.16. The molecular formula is C11H11BrClN3O2S. The summed E-state index contributed by atoms with van der Waals surface area (Å²) in [6, 6.07) is 6.27. The zero-order valence-electron chi connectivity index (χ0n) is 9.65. The lowest BCUT2D eigenvalue weighted by Crippen LogP contribution is -2.12. The Bertz CT molecular complexity index is 700. The van der Waals surface area contributed by atoms with Gasteiger partial charge < -0.3 is 10.7 Å². The van der Waals surface area contributed by atoms with Crippen molar-refractivity contribution in [3.8, 4) is 0 Å². The molecule has 0 amide bonds. The van der Waals surface area contributed by atoms with E-state index >= 15 is 0 Å². The fourth-order valence-corrected chi connectivity index (χ4v) is 3.03. The van der Waals surface area contributed by atoms with Gasteiger partial charge >= 0.3 is 0 Å². The number of nitrogens with one attached hydrogen (secondary N) is 2. The third kappa shape index (κ3) is 3.30. The number of hydrogen-bond acceptors (Lipinski definition) is 3. The maximum absolute atomic E-state index is 12.1. The first-order chi connectivity index (χ1) is 8.92. The number of aromatic amines is 1. The van der Waals surface area contributed by atoms with E-state index in [9.17, 15) is 8.42 Å². The number of halogens is 2. The summed E-state index contributed by atoms with van der Waals surface area (Å²) in [6.07, 6.45) is 1.40. The molecule has 2 rings (SSSR count). The van der Waals surface area contributed by atoms with Crippen LogP contribution in [0.5, 0.6) is 0 Å². The van der Waals surface area contributed by atoms with Crippen LogP contribution in [0.2, 0.25) is 5.02 Å². The third-order valence-corrected chi connectivity index (χ3v) is 4.99. The minimum Gasteiger partial charge on any atom is -0.363 e. The number of aromatic nitrogens is 1. The molecule has 19 heavy (non-hydrogen) atoms. The Kier molecular flexibility index (Phi) is 4.19. The normalized spacial score (nSPS) is 11.5. The van der Waals surface area contributed by atoms with Gasteiger partial charge in [-0.2, -0.15) is 0 Å². The van der Waals surface area contributed by atoms with Crippen molar-refractivity contribution in [1.82, 2.24) is 4.98 Å². The Morgan fingerprint density at radius 2 is 2.11 bits per heavy atom. The first kappa shape index (κ1) is 14.4. The van der Waals surface area contributed by atoms with E-state index in [1.807, 2.05) is 0 Å². The van der Waals surface area contributed by atoms with Crippen LogP contribution < -0.4 is 10.5 Å². The molecular weight excluding hydrogens is 354 g/mol. The van der Waals surface area contributed by atoms with E-state index in [1.54, 1.807) is 18.2 Å². The zero-order chi connectivity index (χ0) is 14.0. The molecule has 0 atom stereocenters. The second-order valence-electron chi connectivity index (χ2n) is 3.80. The van der Waals surface area contributed by atoms with Crippen LogP contribution in [0.4, 0.5) is 5.69 Å². The van der Waals surface area contributed by atoms with E-state index in [4.69, 9.17) is 17.3 Å². The van der Waals surface area contributed by atoms with E-state index in [0.29, 0.717) is 20.9 Å². The maximum Gasteiger partial charge on any atom is 0.263 e. The summed E-state index contributed by atoms with van der Waals surface area (Å²) < 4.78 is 27.3. The first-order valence-electron chi connectivity index (χ1n) is 5.27. The van der Waals surface area contributed by atoms with Gasteiger partial charge in [0.2, 0.25) is 0 Å². The second-order valence-corrected chi connectivity index (χ2v) is 6.74. The van der Waals surface area contributed by atoms with Crippen LogP contribution in [0.25, 0.3) is 0 Å². The number of H-pyrrole nitrogens is 1. The van der Waals surface area contributed by atoms with E-state index in [1.165, 1.54) is 12.3 Å². The van der Waals surface area contributed by atoms with Gasteiger partial charge in [0, 0.05) is 22.9 Å². The highest BCUT2D eigenvalue weighted by Crippen LogP contribution is 2.27. The predicted molar refractivity (Wildman–Crippen MR) is 78.6 cm³/mol. The molecule has 1 aromatic heterocycles. The Hall–Kier alpha value is -1.02. The minimum atomic E-state index is -3.63. The Balaban J connectivity index is 2.28. The van der Waals surface area contributed by atoms with Crippen molar-refractivity contribution in [3.05, 3.63) is 45.7 Å². The van der Waals surface area contributed by atoms with Gasteiger partial charge in [0.1, 0.15) is 4.90 Å². The van der Waals surface area contributed by atoms with Gasteiger partial charge in [0.15, 0.2) is 0 Å². The molecule has 0 saturated carbocycles. The van der Waals surface area contributed by atoms with Crippen LogP contribution in [0.3, 0.4) is 0 Å². The third-order valence-electron chi connectivity index (χ3n) is 2.42. The largest absolute Gasteiger partial charge is 0.363 e. The lowest BCUT2D eigenvalue weighted by molar-refractivity contribution is 0.601. The molecule has 0 unspecified atom stereocenters. The number of benzene rings is 1. The van der Waals surface area contributed by atoms with Crippen LogP contribution in [0.15, 0.2) is 39.8 Å². The molecule has 1 aromatic carbocycles. The van der Waals surface area contributed by atoms with Gasteiger partial charge in [0.25, 0.3) is 10.0 Å². The molecule has 0 saturated heterocycles. The molecule has 5 nitrogen and oxygen atoms in total. The van der Waals surface area contributed by atoms with Crippen molar-refractivity contribution in [3.63, 3.8) is 0 Å². The molecule has 4 N–H and O–H groups in total. The Labute approximate surface area is 124 Å². The van der Waals surface area contributed by atoms with E-state index in [2.05, 4.69) is 25.6 Å². The standard InChI is InChI=1S/C11H11BrClN3O2S/c12-10-4-7(1-2-11(10)13)16-19(17,18)9-3-8(5-14)15-6-9/h1-4,6,15-16H,5,14H2. The maximum atomic E-state index is 12.1. The monoisotopic (exact) mass is 363 g/mol. The van der Waals surface area contributed by atoms with Crippen LogP contribution in [0, 0.1) is 0 Å². The topological polar surface area (TPSA) is 88.0 Å². The van der Waals surface area contributed by atoms with E-state index in [-0.39, 0.29) is 11.4 Å². The van der Waals surface area contributed by atoms with Crippen molar-refractivity contribution in [2.75, 3.05) is 4.72 Å². The molecule has 1 heterocycles. The van der Waals surface area contributed by atoms with Crippen molar-refractivity contribution in [1.29, 1.82) is 0 Å². The smallest absolute Gasteiger partial charge is 0.263 e. The molecule has 2 aromatic rings. The van der Waals surface area contributed by atoms with Crippen LogP contribution in [-0.2, 0) is 16.6 Å². The summed E-state index contributed by atoms with van der Waals surface area (Å²) in [4.78, 5) is 2.93. The number of anilines is 1. The van der Waals surface area contributed by atoms with E-state index < -0.39 is 10.0 Å². The molecule has 0 aliphatic rings. The highest BCUT2D eigenvalue weighted by molar-refractivity contribution is 9.10. The lowest BCUT2D eigenvalue weighted by atomic mass is 10.3. The van der Waals surface area contributed by atoms with Gasteiger partial charge in [-0.3, -0.25) is 4.72 Å². The van der Waals surface area contributed by atoms with Crippen molar-refractivity contribution in [2.45, 2.75) is 11.4 Å². The van der Waals surface area contributed by atoms with Crippen molar-refractivity contribution < 1.29 is 8.42 Å². The number of nitrogens with two attached hydrogens (primary N) is 1. The molecule has 0 aliphatic heterocycles. The predicted octanol–water partition coefficient (Wildman–Crippen LogP) is 2.69. The van der Waals surface area contributed by atoms with Gasteiger partial charge in [-0.05, 0) is 40.2 Å². The van der Waals surface area contributed by atoms with Gasteiger partial charge in [-0.25, -0.2) is 8.42 Å². The summed E-state index contributed by atoms with van der Waals surface area (Å²) in [7, 11) is -3.63. The fourth-order valence-electron chi connectivity index (χ4n) is 1.47. The summed E-state index contributed by atoms with van der Waals surface area (Å²) in [5, 5.41) is 0.509. The van der Waals surface area contributed by atoms with Gasteiger partial charge in [0.05, 0.1) is 10.7 Å². The fraction of sp³-hybridized carbons (Fsp3) is 0.0909. The summed E-state index contributed by atoms with van der Waals surface area (Å²) in [5.41, 5.74) is 6.50. The minimum absolute atomic E-state index is 0.138. The Morgan fingerprint density at radius 3 is 2.68 bits per heavy atom. The van der Waals surface area contributed by atoms with Gasteiger partial charge in [-0.15, -0.1) is 0 Å². The quantitative estimate of drug-likeness (QED) is 0.779. The van der Waals surface area contributed by atoms with Crippen molar-refractivity contribution >= 4 is 43.2 Å². The average Bonchev–Trinajstić information content (AvgIpc) is 2.83. The summed E-state index contributed by atoms with van der Waals surface area (Å²) in [6.45, 7) is 0.252. The summed E-state index contributed by atoms with van der Waals surface area (Å²) >= 11 is 9.08. The van der Waals surface area contributed by atoms with E-state index in [0.717, 1.165) is 0 Å². The average molecular weight is 365 g/mol. The molecule has 0 spiro atoms. The number of hydrogen-bond donors (Lipinski definition) is 3. The van der Waals surface area contributed by atoms with Gasteiger partial charge in [-0.1, -0.05) is 11.6 Å². The van der Waals surface area contributed by atoms with Crippen LogP contribution >= 0.6 is 27.5 Å². The molecule has 8 heteroatoms. The van der Waals surface area contributed by atoms with Crippen LogP contribution in [-0.4, -0.2) is 13.4 Å². The first-order valence-corrected chi connectivity index (χ1v) is 7.93. The SMILES string of the molecule is NCc1cc(S(=O)(=O)Nc2ccc(Cl)c(Br)c2)c[nH]1. The lowest BCUT2D eigenvalue weighted by Gasteiger charge is -2.07. The summed E-state index contributed by atoms with van der Waals surface area (Å²) in [5.74, 6) is 0. The highest BCUT2D eigenvalue weighted by atomic mass is 79.9. The van der Waals surface area contributed by atoms with Crippen molar-refractivity contribution in [2.24, 2.45) is 5.73 Å². The molecule has 0 aliphatic carbocycles. The molecule has 0 fully saturated rings. The Morgan fingerprint density at radius 1 is 1.37 bits per heavy atom. The number of rotatable bonds is 4. The second kappa shape index (κ2) is 5.54. The molecule has 102 valence electrons. The molecule has 0 radical (unpaired) electrons. The number of sulfonamides is 1. The zero-order valence-corrected chi connectivity index (χ0v) is 12.8. The molecule has 0 bridgehead atoms. The van der Waals surface area contributed by atoms with Crippen LogP contribution in [0.1, 0.15) is 5.69 Å².